The van der Waals surface area contributed by atoms with Gasteiger partial charge in [-0.2, -0.15) is 0 Å². The molecule has 1 fully saturated rings. The van der Waals surface area contributed by atoms with Gasteiger partial charge in [-0.15, -0.1) is 0 Å². The van der Waals surface area contributed by atoms with Crippen LogP contribution in [0.25, 0.3) is 0 Å². The fraction of sp³-hybridized carbons (Fsp3) is 0.500. The Kier molecular flexibility index (Phi) is 7.16. The molecule has 2 rings (SSSR count). The van der Waals surface area contributed by atoms with Crippen LogP contribution in [0.4, 0.5) is 0 Å². The van der Waals surface area contributed by atoms with Gasteiger partial charge in [0.1, 0.15) is 6.04 Å². The number of hydrogen-bond donors (Lipinski definition) is 1. The molecule has 1 aliphatic heterocycles. The Bertz CT molecular complexity index is 662. The minimum absolute atomic E-state index is 0.141. The zero-order chi connectivity index (χ0) is 19.3. The molecular formula is C18H22BrNO6. The van der Waals surface area contributed by atoms with Crippen LogP contribution in [0.3, 0.4) is 0 Å². The lowest BCUT2D eigenvalue weighted by molar-refractivity contribution is -0.162. The molecule has 0 amide bonds. The number of benzene rings is 1. The standard InChI is InChI=1S/C18H22BrNO6/c1-4-25-16(21)12-13(17(22)26-5-2)15(18(23)24-3)20-14(12)10-6-8-11(19)9-7-10/h6-9,12-15,20H,4-5H2,1-3H3/t12-,13+,14-,15-/m0/s1. The van der Waals surface area contributed by atoms with Crippen molar-refractivity contribution in [3.8, 4) is 0 Å². The van der Waals surface area contributed by atoms with Crippen molar-refractivity contribution in [3.63, 3.8) is 0 Å². The maximum atomic E-state index is 12.6. The van der Waals surface area contributed by atoms with E-state index < -0.39 is 41.8 Å². The van der Waals surface area contributed by atoms with Gasteiger partial charge in [0.25, 0.3) is 0 Å². The summed E-state index contributed by atoms with van der Waals surface area (Å²) in [6.07, 6.45) is 0. The Morgan fingerprint density at radius 2 is 1.50 bits per heavy atom. The van der Waals surface area contributed by atoms with Crippen molar-refractivity contribution in [1.29, 1.82) is 0 Å². The average Bonchev–Trinajstić information content (AvgIpc) is 3.03. The van der Waals surface area contributed by atoms with Crippen molar-refractivity contribution in [2.45, 2.75) is 25.9 Å². The van der Waals surface area contributed by atoms with Gasteiger partial charge in [-0.3, -0.25) is 19.7 Å². The largest absolute Gasteiger partial charge is 0.468 e. The molecule has 0 aliphatic carbocycles. The molecule has 26 heavy (non-hydrogen) atoms. The van der Waals surface area contributed by atoms with Crippen molar-refractivity contribution in [1.82, 2.24) is 5.32 Å². The highest BCUT2D eigenvalue weighted by molar-refractivity contribution is 9.10. The first kappa shape index (κ1) is 20.4. The third-order valence-electron chi connectivity index (χ3n) is 4.27. The summed E-state index contributed by atoms with van der Waals surface area (Å²) in [5.74, 6) is -3.75. The van der Waals surface area contributed by atoms with E-state index in [1.165, 1.54) is 7.11 Å². The molecule has 1 N–H and O–H groups in total. The highest BCUT2D eigenvalue weighted by Gasteiger charge is 2.55. The highest BCUT2D eigenvalue weighted by atomic mass is 79.9. The summed E-state index contributed by atoms with van der Waals surface area (Å²) >= 11 is 3.36. The van der Waals surface area contributed by atoms with Crippen LogP contribution >= 0.6 is 15.9 Å². The van der Waals surface area contributed by atoms with E-state index >= 15 is 0 Å². The van der Waals surface area contributed by atoms with Crippen LogP contribution in [0.2, 0.25) is 0 Å². The molecular weight excluding hydrogens is 406 g/mol. The normalized spacial score (nSPS) is 24.8. The molecule has 7 nitrogen and oxygen atoms in total. The number of esters is 3. The van der Waals surface area contributed by atoms with E-state index in [1.807, 2.05) is 24.3 Å². The molecule has 4 atom stereocenters. The maximum absolute atomic E-state index is 12.6. The van der Waals surface area contributed by atoms with Crippen molar-refractivity contribution in [2.24, 2.45) is 11.8 Å². The second-order valence-electron chi connectivity index (χ2n) is 5.75. The van der Waals surface area contributed by atoms with Crippen molar-refractivity contribution in [3.05, 3.63) is 34.3 Å². The molecule has 1 aromatic carbocycles. The van der Waals surface area contributed by atoms with Crippen LogP contribution in [0.15, 0.2) is 28.7 Å². The van der Waals surface area contributed by atoms with Gasteiger partial charge in [0, 0.05) is 10.5 Å². The van der Waals surface area contributed by atoms with Crippen molar-refractivity contribution in [2.75, 3.05) is 20.3 Å². The Morgan fingerprint density at radius 3 is 2.00 bits per heavy atom. The van der Waals surface area contributed by atoms with Crippen LogP contribution < -0.4 is 5.32 Å². The number of ether oxygens (including phenoxy) is 3. The first-order valence-corrected chi connectivity index (χ1v) is 9.16. The minimum Gasteiger partial charge on any atom is -0.468 e. The fourth-order valence-electron chi connectivity index (χ4n) is 3.17. The number of nitrogens with one attached hydrogen (secondary N) is 1. The first-order valence-electron chi connectivity index (χ1n) is 8.37. The summed E-state index contributed by atoms with van der Waals surface area (Å²) in [6, 6.07) is 5.70. The number of methoxy groups -OCH3 is 1. The van der Waals surface area contributed by atoms with Crippen molar-refractivity contribution < 1.29 is 28.6 Å². The molecule has 0 aromatic heterocycles. The summed E-state index contributed by atoms with van der Waals surface area (Å²) in [5.41, 5.74) is 0.756. The Morgan fingerprint density at radius 1 is 0.962 bits per heavy atom. The zero-order valence-electron chi connectivity index (χ0n) is 14.9. The molecule has 1 aliphatic rings. The Hall–Kier alpha value is -1.93. The zero-order valence-corrected chi connectivity index (χ0v) is 16.4. The summed E-state index contributed by atoms with van der Waals surface area (Å²) < 4.78 is 16.0. The van der Waals surface area contributed by atoms with Crippen LogP contribution in [-0.4, -0.2) is 44.3 Å². The lowest BCUT2D eigenvalue weighted by Crippen LogP contribution is -2.42. The maximum Gasteiger partial charge on any atom is 0.323 e. The van der Waals surface area contributed by atoms with Crippen LogP contribution in [-0.2, 0) is 28.6 Å². The van der Waals surface area contributed by atoms with Crippen LogP contribution in [0.5, 0.6) is 0 Å². The van der Waals surface area contributed by atoms with E-state index in [-0.39, 0.29) is 13.2 Å². The Balaban J connectivity index is 2.47. The molecule has 0 radical (unpaired) electrons. The quantitative estimate of drug-likeness (QED) is 0.548. The summed E-state index contributed by atoms with van der Waals surface area (Å²) in [6.45, 7) is 3.66. The van der Waals surface area contributed by atoms with E-state index in [0.29, 0.717) is 0 Å². The predicted octanol–water partition coefficient (Wildman–Crippen LogP) is 1.99. The smallest absolute Gasteiger partial charge is 0.323 e. The fourth-order valence-corrected chi connectivity index (χ4v) is 3.44. The predicted molar refractivity (Wildman–Crippen MR) is 96.1 cm³/mol. The number of hydrogen-bond acceptors (Lipinski definition) is 7. The molecule has 0 unspecified atom stereocenters. The van der Waals surface area contributed by atoms with Gasteiger partial charge in [0.2, 0.25) is 0 Å². The van der Waals surface area contributed by atoms with E-state index in [0.717, 1.165) is 10.0 Å². The number of carbonyl (C=O) groups excluding carboxylic acids is 3. The monoisotopic (exact) mass is 427 g/mol. The Labute approximate surface area is 160 Å². The molecule has 142 valence electrons. The molecule has 0 saturated carbocycles. The van der Waals surface area contributed by atoms with Gasteiger partial charge in [0.05, 0.1) is 32.2 Å². The average molecular weight is 428 g/mol. The summed E-state index contributed by atoms with van der Waals surface area (Å²) in [5, 5.41) is 3.06. The number of rotatable bonds is 6. The van der Waals surface area contributed by atoms with E-state index in [2.05, 4.69) is 21.2 Å². The lowest BCUT2D eigenvalue weighted by Gasteiger charge is -2.22. The van der Waals surface area contributed by atoms with Gasteiger partial charge < -0.3 is 14.2 Å². The second kappa shape index (κ2) is 9.14. The molecule has 8 heteroatoms. The summed E-state index contributed by atoms with van der Waals surface area (Å²) in [4.78, 5) is 37.4. The van der Waals surface area contributed by atoms with Crippen molar-refractivity contribution >= 4 is 33.8 Å². The molecule has 1 aromatic rings. The lowest BCUT2D eigenvalue weighted by atomic mass is 9.84. The van der Waals surface area contributed by atoms with Gasteiger partial charge in [-0.05, 0) is 31.5 Å². The van der Waals surface area contributed by atoms with Gasteiger partial charge in [-0.25, -0.2) is 0 Å². The number of carbonyl (C=O) groups is 3. The van der Waals surface area contributed by atoms with Gasteiger partial charge in [0.15, 0.2) is 0 Å². The molecule has 1 saturated heterocycles. The van der Waals surface area contributed by atoms with Gasteiger partial charge >= 0.3 is 17.9 Å². The highest BCUT2D eigenvalue weighted by Crippen LogP contribution is 2.39. The third-order valence-corrected chi connectivity index (χ3v) is 4.79. The molecule has 0 bridgehead atoms. The number of halogens is 1. The SMILES string of the molecule is CCOC(=O)[C@@H]1[C@H](C(=O)OCC)[C@H](c2ccc(Br)cc2)N[C@@H]1C(=O)OC. The topological polar surface area (TPSA) is 90.9 Å². The van der Waals surface area contributed by atoms with Crippen LogP contribution in [0.1, 0.15) is 25.5 Å². The third kappa shape index (κ3) is 4.24. The van der Waals surface area contributed by atoms with E-state index in [1.54, 1.807) is 13.8 Å². The molecule has 1 heterocycles. The van der Waals surface area contributed by atoms with E-state index in [9.17, 15) is 14.4 Å². The van der Waals surface area contributed by atoms with E-state index in [4.69, 9.17) is 14.2 Å². The first-order chi connectivity index (χ1) is 12.4. The molecule has 0 spiro atoms. The minimum atomic E-state index is -1.03. The van der Waals surface area contributed by atoms with Crippen LogP contribution in [0, 0.1) is 11.8 Å². The second-order valence-corrected chi connectivity index (χ2v) is 6.67. The van der Waals surface area contributed by atoms with Gasteiger partial charge in [-0.1, -0.05) is 28.1 Å². The summed E-state index contributed by atoms with van der Waals surface area (Å²) in [7, 11) is 1.23.